The minimum absolute atomic E-state index is 0.188. The summed E-state index contributed by atoms with van der Waals surface area (Å²) in [6.45, 7) is 4.01. The first kappa shape index (κ1) is 13.6. The summed E-state index contributed by atoms with van der Waals surface area (Å²) >= 11 is 0. The molecule has 1 fully saturated rings. The summed E-state index contributed by atoms with van der Waals surface area (Å²) in [5.74, 6) is 1.50. The van der Waals surface area contributed by atoms with Crippen LogP contribution in [0.15, 0.2) is 24.3 Å². The zero-order chi connectivity index (χ0) is 14.7. The molecule has 2 N–H and O–H groups in total. The van der Waals surface area contributed by atoms with Gasteiger partial charge in [0.2, 0.25) is 11.9 Å². The smallest absolute Gasteiger partial charge is 0.328 e. The van der Waals surface area contributed by atoms with Crippen molar-refractivity contribution >= 4 is 11.9 Å². The van der Waals surface area contributed by atoms with Gasteiger partial charge in [-0.15, -0.1) is 0 Å². The van der Waals surface area contributed by atoms with E-state index in [1.165, 1.54) is 5.56 Å². The molecule has 0 bridgehead atoms. The van der Waals surface area contributed by atoms with Crippen LogP contribution in [-0.4, -0.2) is 28.0 Å². The molecular weight excluding hydrogens is 266 g/mol. The maximum atomic E-state index is 5.77. The van der Waals surface area contributed by atoms with Gasteiger partial charge in [0.05, 0.1) is 0 Å². The van der Waals surface area contributed by atoms with E-state index in [9.17, 15) is 0 Å². The SMILES string of the molecule is CCc1cccc(Oc2nc(N)nc(N3CCCC3)n2)c1. The van der Waals surface area contributed by atoms with E-state index >= 15 is 0 Å². The van der Waals surface area contributed by atoms with Crippen LogP contribution in [0.25, 0.3) is 0 Å². The molecule has 6 heteroatoms. The average molecular weight is 285 g/mol. The van der Waals surface area contributed by atoms with E-state index < -0.39 is 0 Å². The van der Waals surface area contributed by atoms with E-state index in [0.717, 1.165) is 32.4 Å². The van der Waals surface area contributed by atoms with Crippen molar-refractivity contribution in [1.29, 1.82) is 0 Å². The van der Waals surface area contributed by atoms with Gasteiger partial charge in [-0.05, 0) is 37.0 Å². The second kappa shape index (κ2) is 5.95. The highest BCUT2D eigenvalue weighted by Gasteiger charge is 2.17. The third kappa shape index (κ3) is 3.21. The number of hydrogen-bond donors (Lipinski definition) is 1. The predicted octanol–water partition coefficient (Wildman–Crippen LogP) is 2.41. The highest BCUT2D eigenvalue weighted by Crippen LogP contribution is 2.23. The van der Waals surface area contributed by atoms with E-state index in [0.29, 0.717) is 11.7 Å². The Morgan fingerprint density at radius 2 is 2.00 bits per heavy atom. The Labute approximate surface area is 124 Å². The second-order valence-electron chi connectivity index (χ2n) is 5.07. The molecule has 1 aliphatic rings. The first-order valence-electron chi connectivity index (χ1n) is 7.28. The second-order valence-corrected chi connectivity index (χ2v) is 5.07. The van der Waals surface area contributed by atoms with Crippen LogP contribution in [0.4, 0.5) is 11.9 Å². The highest BCUT2D eigenvalue weighted by molar-refractivity contribution is 5.38. The Morgan fingerprint density at radius 3 is 2.76 bits per heavy atom. The molecule has 0 aliphatic carbocycles. The molecule has 21 heavy (non-hydrogen) atoms. The van der Waals surface area contributed by atoms with Crippen molar-refractivity contribution in [2.24, 2.45) is 0 Å². The average Bonchev–Trinajstić information content (AvgIpc) is 3.01. The summed E-state index contributed by atoms with van der Waals surface area (Å²) in [5, 5.41) is 0. The van der Waals surface area contributed by atoms with Crippen LogP contribution in [-0.2, 0) is 6.42 Å². The van der Waals surface area contributed by atoms with Crippen LogP contribution >= 0.6 is 0 Å². The molecule has 110 valence electrons. The van der Waals surface area contributed by atoms with Crippen molar-refractivity contribution in [3.63, 3.8) is 0 Å². The van der Waals surface area contributed by atoms with Gasteiger partial charge in [-0.3, -0.25) is 0 Å². The molecule has 2 aromatic rings. The van der Waals surface area contributed by atoms with Crippen LogP contribution in [0, 0.1) is 0 Å². The van der Waals surface area contributed by atoms with Crippen molar-refractivity contribution in [2.45, 2.75) is 26.2 Å². The number of rotatable bonds is 4. The summed E-state index contributed by atoms with van der Waals surface area (Å²) in [6.07, 6.45) is 3.26. The number of ether oxygens (including phenoxy) is 1. The number of hydrogen-bond acceptors (Lipinski definition) is 6. The van der Waals surface area contributed by atoms with Gasteiger partial charge in [-0.25, -0.2) is 0 Å². The van der Waals surface area contributed by atoms with Crippen molar-refractivity contribution in [3.05, 3.63) is 29.8 Å². The number of anilines is 2. The first-order valence-corrected chi connectivity index (χ1v) is 7.28. The van der Waals surface area contributed by atoms with Crippen molar-refractivity contribution < 1.29 is 4.74 Å². The monoisotopic (exact) mass is 285 g/mol. The lowest BCUT2D eigenvalue weighted by atomic mass is 10.2. The Morgan fingerprint density at radius 1 is 1.19 bits per heavy atom. The molecule has 6 nitrogen and oxygen atoms in total. The lowest BCUT2D eigenvalue weighted by Gasteiger charge is -2.15. The third-order valence-corrected chi connectivity index (χ3v) is 3.53. The number of aromatic nitrogens is 3. The Hall–Kier alpha value is -2.37. The molecule has 1 saturated heterocycles. The van der Waals surface area contributed by atoms with Gasteiger partial charge >= 0.3 is 6.01 Å². The number of nitrogens with zero attached hydrogens (tertiary/aromatic N) is 4. The van der Waals surface area contributed by atoms with E-state index in [2.05, 4.69) is 32.8 Å². The minimum Gasteiger partial charge on any atom is -0.424 e. The van der Waals surface area contributed by atoms with E-state index in [1.807, 2.05) is 18.2 Å². The molecule has 0 spiro atoms. The van der Waals surface area contributed by atoms with E-state index in [4.69, 9.17) is 10.5 Å². The molecule has 3 rings (SSSR count). The highest BCUT2D eigenvalue weighted by atomic mass is 16.5. The minimum atomic E-state index is 0.188. The summed E-state index contributed by atoms with van der Waals surface area (Å²) in [7, 11) is 0. The maximum absolute atomic E-state index is 5.77. The van der Waals surface area contributed by atoms with Gasteiger partial charge in [0.15, 0.2) is 0 Å². The number of nitrogen functional groups attached to an aromatic ring is 1. The number of benzene rings is 1. The molecular formula is C15H19N5O. The fourth-order valence-corrected chi connectivity index (χ4v) is 2.40. The lowest BCUT2D eigenvalue weighted by molar-refractivity contribution is 0.440. The van der Waals surface area contributed by atoms with Crippen molar-refractivity contribution in [2.75, 3.05) is 23.7 Å². The molecule has 0 radical (unpaired) electrons. The Kier molecular flexibility index (Phi) is 3.85. The first-order chi connectivity index (χ1) is 10.2. The summed E-state index contributed by atoms with van der Waals surface area (Å²) in [4.78, 5) is 14.7. The molecule has 0 saturated carbocycles. The molecule has 0 unspecified atom stereocenters. The van der Waals surface area contributed by atoms with Crippen molar-refractivity contribution in [3.8, 4) is 11.8 Å². The standard InChI is InChI=1S/C15H19N5O/c1-2-11-6-5-7-12(10-11)21-15-18-13(16)17-14(19-15)20-8-3-4-9-20/h5-7,10H,2-4,8-9H2,1H3,(H2,16,17,18,19). The summed E-state index contributed by atoms with van der Waals surface area (Å²) in [6, 6.07) is 8.13. The van der Waals surface area contributed by atoms with Crippen LogP contribution < -0.4 is 15.4 Å². The Balaban J connectivity index is 1.84. The summed E-state index contributed by atoms with van der Waals surface area (Å²) in [5.41, 5.74) is 6.97. The lowest BCUT2D eigenvalue weighted by Crippen LogP contribution is -2.21. The van der Waals surface area contributed by atoms with Crippen LogP contribution in [0.5, 0.6) is 11.8 Å². The van der Waals surface area contributed by atoms with Gasteiger partial charge < -0.3 is 15.4 Å². The molecule has 1 aromatic carbocycles. The number of aryl methyl sites for hydroxylation is 1. The predicted molar refractivity (Wildman–Crippen MR) is 81.6 cm³/mol. The van der Waals surface area contributed by atoms with Crippen molar-refractivity contribution in [1.82, 2.24) is 15.0 Å². The van der Waals surface area contributed by atoms with Gasteiger partial charge in [-0.2, -0.15) is 15.0 Å². The summed E-state index contributed by atoms with van der Waals surface area (Å²) < 4.78 is 5.73. The third-order valence-electron chi connectivity index (χ3n) is 3.53. The molecule has 1 aromatic heterocycles. The maximum Gasteiger partial charge on any atom is 0.328 e. The van der Waals surface area contributed by atoms with Crippen LogP contribution in [0.3, 0.4) is 0 Å². The van der Waals surface area contributed by atoms with Gasteiger partial charge in [0.25, 0.3) is 0 Å². The normalized spacial score (nSPS) is 14.4. The zero-order valence-corrected chi connectivity index (χ0v) is 12.1. The molecule has 0 amide bonds. The fourth-order valence-electron chi connectivity index (χ4n) is 2.40. The van der Waals surface area contributed by atoms with Crippen LogP contribution in [0.2, 0.25) is 0 Å². The zero-order valence-electron chi connectivity index (χ0n) is 12.1. The number of nitrogens with two attached hydrogens (primary N) is 1. The largest absolute Gasteiger partial charge is 0.424 e. The topological polar surface area (TPSA) is 77.2 Å². The van der Waals surface area contributed by atoms with E-state index in [1.54, 1.807) is 0 Å². The molecule has 1 aliphatic heterocycles. The Bertz CT molecular complexity index is 625. The fraction of sp³-hybridized carbons (Fsp3) is 0.400. The molecule has 0 atom stereocenters. The van der Waals surface area contributed by atoms with Gasteiger partial charge in [-0.1, -0.05) is 19.1 Å². The molecule has 2 heterocycles. The van der Waals surface area contributed by atoms with Gasteiger partial charge in [0, 0.05) is 13.1 Å². The van der Waals surface area contributed by atoms with Gasteiger partial charge in [0.1, 0.15) is 5.75 Å². The quantitative estimate of drug-likeness (QED) is 0.929. The van der Waals surface area contributed by atoms with E-state index in [-0.39, 0.29) is 12.0 Å². The van der Waals surface area contributed by atoms with Crippen LogP contribution in [0.1, 0.15) is 25.3 Å².